The zero-order valence-electron chi connectivity index (χ0n) is 3.77. The van der Waals surface area contributed by atoms with Crippen LogP contribution in [0.25, 0.3) is 0 Å². The van der Waals surface area contributed by atoms with Crippen molar-refractivity contribution in [2.24, 2.45) is 0 Å². The van der Waals surface area contributed by atoms with Crippen molar-refractivity contribution in [3.05, 3.63) is 12.3 Å². The average Bonchev–Trinajstić information content (AvgIpc) is 1.65. The van der Waals surface area contributed by atoms with Crippen LogP contribution >= 0.6 is 0 Å². The summed E-state index contributed by atoms with van der Waals surface area (Å²) in [6.07, 6.45) is 1.43. The van der Waals surface area contributed by atoms with Crippen LogP contribution in [-0.2, 0) is 37.5 Å². The van der Waals surface area contributed by atoms with E-state index in [0.29, 0.717) is 0 Å². The van der Waals surface area contributed by atoms with E-state index in [-0.39, 0.29) is 38.4 Å². The fourth-order valence-electron chi connectivity index (χ4n) is 0.0295. The summed E-state index contributed by atoms with van der Waals surface area (Å²) in [6, 6.07) is 0. The average molecular weight is 169 g/mol. The maximum Gasteiger partial charge on any atom is 0.219 e. The zero-order valence-corrected chi connectivity index (χ0v) is 6.61. The SMILES string of the molecule is [B]NC(=C)[C-]=O.[Y]. The van der Waals surface area contributed by atoms with Crippen molar-refractivity contribution in [1.29, 1.82) is 0 Å². The molecule has 0 rings (SSSR count). The molecule has 0 aromatic rings. The molecule has 7 heavy (non-hydrogen) atoms. The summed E-state index contributed by atoms with van der Waals surface area (Å²) in [6.45, 7) is 3.13. The van der Waals surface area contributed by atoms with Crippen LogP contribution in [0.2, 0.25) is 0 Å². The summed E-state index contributed by atoms with van der Waals surface area (Å²) in [7, 11) is 4.67. The third-order valence-electron chi connectivity index (χ3n) is 0.297. The van der Waals surface area contributed by atoms with Gasteiger partial charge in [0, 0.05) is 39.0 Å². The summed E-state index contributed by atoms with van der Waals surface area (Å²) >= 11 is 0. The van der Waals surface area contributed by atoms with Gasteiger partial charge in [-0.15, -0.1) is 5.70 Å². The first kappa shape index (κ1) is 10.4. The molecule has 4 heteroatoms. The first-order chi connectivity index (χ1) is 2.81. The van der Waals surface area contributed by atoms with Crippen LogP contribution < -0.4 is 5.23 Å². The maximum atomic E-state index is 9.37. The summed E-state index contributed by atoms with van der Waals surface area (Å²) in [5.41, 5.74) is 0.0648. The van der Waals surface area contributed by atoms with E-state index < -0.39 is 0 Å². The molecule has 0 heterocycles. The van der Waals surface area contributed by atoms with Gasteiger partial charge in [-0.1, -0.05) is 0 Å². The molecule has 0 bridgehead atoms. The van der Waals surface area contributed by atoms with Crippen molar-refractivity contribution in [1.82, 2.24) is 5.23 Å². The van der Waals surface area contributed by atoms with Crippen molar-refractivity contribution in [3.63, 3.8) is 0 Å². The van der Waals surface area contributed by atoms with Gasteiger partial charge >= 0.3 is 0 Å². The van der Waals surface area contributed by atoms with E-state index in [0.717, 1.165) is 0 Å². The molecule has 3 radical (unpaired) electrons. The first-order valence-corrected chi connectivity index (χ1v) is 1.35. The molecule has 0 aromatic heterocycles. The third-order valence-corrected chi connectivity index (χ3v) is 0.297. The summed E-state index contributed by atoms with van der Waals surface area (Å²) in [5, 5.41) is 2.00. The summed E-state index contributed by atoms with van der Waals surface area (Å²) in [4.78, 5) is 9.37. The summed E-state index contributed by atoms with van der Waals surface area (Å²) in [5.74, 6) is 0. The van der Waals surface area contributed by atoms with E-state index in [1.54, 1.807) is 0 Å². The maximum absolute atomic E-state index is 9.37. The van der Waals surface area contributed by atoms with E-state index in [9.17, 15) is 4.79 Å². The van der Waals surface area contributed by atoms with Crippen molar-refractivity contribution >= 4 is 14.3 Å². The Kier molecular flexibility index (Phi) is 9.46. The Morgan fingerprint density at radius 2 is 2.29 bits per heavy atom. The van der Waals surface area contributed by atoms with Crippen LogP contribution in [0.15, 0.2) is 12.3 Å². The predicted octanol–water partition coefficient (Wildman–Crippen LogP) is -0.720. The molecule has 0 amide bonds. The molecule has 1 N–H and O–H groups in total. The van der Waals surface area contributed by atoms with Crippen LogP contribution in [0.4, 0.5) is 0 Å². The second-order valence-electron chi connectivity index (χ2n) is 0.725. The standard InChI is InChI=1S/C3H3BNO.Y/c1-3(2-6)5-4;/h5H,1H2;/q-1;. The van der Waals surface area contributed by atoms with Crippen LogP contribution in [0.3, 0.4) is 0 Å². The first-order valence-electron chi connectivity index (χ1n) is 1.35. The molecule has 0 aliphatic heterocycles. The molecule has 33 valence electrons. The second kappa shape index (κ2) is 6.38. The minimum Gasteiger partial charge on any atom is -0.465 e. The molecule has 0 fully saturated rings. The Balaban J connectivity index is 0. The number of allylic oxidation sites excluding steroid dienone is 1. The Labute approximate surface area is 69.0 Å². The normalized spacial score (nSPS) is 5.71. The van der Waals surface area contributed by atoms with Crippen LogP contribution in [0, 0.1) is 0 Å². The largest absolute Gasteiger partial charge is 0.465 e. The van der Waals surface area contributed by atoms with Gasteiger partial charge in [0.15, 0.2) is 0 Å². The van der Waals surface area contributed by atoms with Crippen LogP contribution in [0.1, 0.15) is 0 Å². The Bertz CT molecular complexity index is 75.3. The molecule has 0 spiro atoms. The van der Waals surface area contributed by atoms with Gasteiger partial charge in [0.1, 0.15) is 0 Å². The van der Waals surface area contributed by atoms with Gasteiger partial charge in [-0.2, -0.15) is 0 Å². The van der Waals surface area contributed by atoms with E-state index in [1.165, 1.54) is 6.29 Å². The van der Waals surface area contributed by atoms with Crippen molar-refractivity contribution in [2.45, 2.75) is 0 Å². The molecule has 0 unspecified atom stereocenters. The number of nitrogens with one attached hydrogen (secondary N) is 1. The van der Waals surface area contributed by atoms with Gasteiger partial charge in [0.05, 0.1) is 0 Å². The van der Waals surface area contributed by atoms with Crippen molar-refractivity contribution < 1.29 is 37.5 Å². The molecular weight excluding hydrogens is 166 g/mol. The topological polar surface area (TPSA) is 29.1 Å². The fraction of sp³-hybridized carbons (Fsp3) is 0. The Morgan fingerprint density at radius 1 is 1.86 bits per heavy atom. The number of carbonyl (C=O) groups excluding carboxylic acids is 1. The van der Waals surface area contributed by atoms with Gasteiger partial charge in [-0.05, 0) is 0 Å². The minimum atomic E-state index is 0. The van der Waals surface area contributed by atoms with E-state index in [4.69, 9.17) is 0 Å². The van der Waals surface area contributed by atoms with Crippen molar-refractivity contribution in [2.75, 3.05) is 0 Å². The molecule has 0 atom stereocenters. The number of rotatable bonds is 2. The molecule has 0 aliphatic rings. The Morgan fingerprint density at radius 3 is 2.29 bits per heavy atom. The second-order valence-corrected chi connectivity index (χ2v) is 0.725. The van der Waals surface area contributed by atoms with Gasteiger partial charge in [0.25, 0.3) is 0 Å². The van der Waals surface area contributed by atoms with Crippen LogP contribution in [-0.4, -0.2) is 14.3 Å². The quantitative estimate of drug-likeness (QED) is 0.335. The number of hydrogen-bond acceptors (Lipinski definition) is 2. The molecule has 0 aliphatic carbocycles. The third kappa shape index (κ3) is 6.38. The molecule has 0 saturated carbocycles. The molecule has 0 aromatic carbocycles. The minimum absolute atomic E-state index is 0. The van der Waals surface area contributed by atoms with E-state index in [2.05, 4.69) is 14.6 Å². The van der Waals surface area contributed by atoms with E-state index >= 15 is 0 Å². The summed E-state index contributed by atoms with van der Waals surface area (Å²) < 4.78 is 0. The van der Waals surface area contributed by atoms with Crippen LogP contribution in [0.5, 0.6) is 0 Å². The van der Waals surface area contributed by atoms with E-state index in [1.807, 2.05) is 5.23 Å². The molecular formula is C3H3BNOY-. The monoisotopic (exact) mass is 169 g/mol. The van der Waals surface area contributed by atoms with Gasteiger partial charge in [-0.25, -0.2) is 6.58 Å². The van der Waals surface area contributed by atoms with Gasteiger partial charge in [-0.3, -0.25) is 0 Å². The van der Waals surface area contributed by atoms with Gasteiger partial charge in [0.2, 0.25) is 7.98 Å². The smallest absolute Gasteiger partial charge is 0.219 e. The number of hydrogen-bond donors (Lipinski definition) is 1. The fourth-order valence-corrected chi connectivity index (χ4v) is 0.0295. The Hall–Kier alpha value is 0.379. The van der Waals surface area contributed by atoms with Crippen molar-refractivity contribution in [3.8, 4) is 0 Å². The molecule has 2 nitrogen and oxygen atoms in total. The van der Waals surface area contributed by atoms with Gasteiger partial charge < -0.3 is 10.0 Å². The molecule has 0 saturated heterocycles. The zero-order chi connectivity index (χ0) is 4.99. The predicted molar refractivity (Wildman–Crippen MR) is 23.7 cm³/mol.